The summed E-state index contributed by atoms with van der Waals surface area (Å²) in [6, 6.07) is 2.94. The molecule has 2 atom stereocenters. The number of amides is 1. The van der Waals surface area contributed by atoms with Gasteiger partial charge in [-0.3, -0.25) is 4.79 Å². The van der Waals surface area contributed by atoms with E-state index in [-0.39, 0.29) is 39.9 Å². The number of carbonyl (C=O) groups excluding carboxylic acids is 2. The molecule has 0 spiro atoms. The lowest BCUT2D eigenvalue weighted by Gasteiger charge is -2.29. The van der Waals surface area contributed by atoms with Crippen molar-refractivity contribution in [3.05, 3.63) is 27.7 Å². The third-order valence-electron chi connectivity index (χ3n) is 4.11. The number of benzene rings is 1. The fraction of sp³-hybridized carbons (Fsp3) is 0.500. The Balaban J connectivity index is 1.90. The monoisotopic (exact) mass is 358 g/mol. The molecule has 5 nitrogen and oxygen atoms in total. The van der Waals surface area contributed by atoms with Crippen molar-refractivity contribution in [1.82, 2.24) is 5.32 Å². The number of esters is 1. The Morgan fingerprint density at radius 1 is 1.30 bits per heavy atom. The first-order valence-electron chi connectivity index (χ1n) is 7.59. The van der Waals surface area contributed by atoms with Gasteiger partial charge in [0.25, 0.3) is 5.91 Å². The molecule has 1 fully saturated rings. The van der Waals surface area contributed by atoms with Gasteiger partial charge in [-0.05, 0) is 30.9 Å². The van der Waals surface area contributed by atoms with Crippen LogP contribution in [0.1, 0.15) is 43.0 Å². The molecular weight excluding hydrogens is 339 g/mol. The number of nitrogen functional groups attached to an aromatic ring is 1. The van der Waals surface area contributed by atoms with E-state index in [2.05, 4.69) is 12.2 Å². The van der Waals surface area contributed by atoms with Gasteiger partial charge in [0.05, 0.1) is 16.3 Å². The van der Waals surface area contributed by atoms with Crippen LogP contribution in [0.4, 0.5) is 5.69 Å². The summed E-state index contributed by atoms with van der Waals surface area (Å²) in [5.41, 5.74) is 5.88. The summed E-state index contributed by atoms with van der Waals surface area (Å²) >= 11 is 11.7. The molecule has 1 aromatic carbocycles. The first-order valence-corrected chi connectivity index (χ1v) is 8.35. The fourth-order valence-corrected chi connectivity index (χ4v) is 3.24. The average Bonchev–Trinajstić information content (AvgIpc) is 2.50. The number of anilines is 1. The predicted octanol–water partition coefficient (Wildman–Crippen LogP) is 3.43. The molecule has 0 aromatic heterocycles. The molecule has 7 heteroatoms. The first kappa shape index (κ1) is 17.9. The maximum atomic E-state index is 12.0. The first-order chi connectivity index (χ1) is 10.9. The maximum absolute atomic E-state index is 12.0. The van der Waals surface area contributed by atoms with Crippen molar-refractivity contribution in [2.75, 3.05) is 12.3 Å². The van der Waals surface area contributed by atoms with Crippen LogP contribution < -0.4 is 11.1 Å². The molecule has 0 aliphatic heterocycles. The Morgan fingerprint density at radius 3 is 2.70 bits per heavy atom. The SMILES string of the molecule is C[C@H]1CCCC[C@H]1NC(=O)COC(=O)c1cc(Cl)cc(Cl)c1N. The van der Waals surface area contributed by atoms with E-state index in [1.807, 2.05) is 0 Å². The van der Waals surface area contributed by atoms with Gasteiger partial charge in [0.15, 0.2) is 6.61 Å². The highest BCUT2D eigenvalue weighted by molar-refractivity contribution is 6.37. The van der Waals surface area contributed by atoms with Crippen molar-refractivity contribution in [1.29, 1.82) is 0 Å². The summed E-state index contributed by atoms with van der Waals surface area (Å²) in [7, 11) is 0. The Hall–Kier alpha value is -1.46. The summed E-state index contributed by atoms with van der Waals surface area (Å²) in [6.45, 7) is 1.76. The Morgan fingerprint density at radius 2 is 2.00 bits per heavy atom. The standard InChI is InChI=1S/C16H20Cl2N2O3/c1-9-4-2-3-5-13(9)20-14(21)8-23-16(22)11-6-10(17)7-12(18)15(11)19/h6-7,9,13H,2-5,8,19H2,1H3,(H,20,21)/t9-,13+/m0/s1. The van der Waals surface area contributed by atoms with Crippen LogP contribution in [0.2, 0.25) is 10.0 Å². The second-order valence-electron chi connectivity index (χ2n) is 5.86. The van der Waals surface area contributed by atoms with Crippen LogP contribution in [-0.4, -0.2) is 24.5 Å². The number of carbonyl (C=O) groups is 2. The van der Waals surface area contributed by atoms with Gasteiger partial charge in [0.2, 0.25) is 0 Å². The van der Waals surface area contributed by atoms with Crippen LogP contribution in [0.5, 0.6) is 0 Å². The van der Waals surface area contributed by atoms with Crippen LogP contribution in [-0.2, 0) is 9.53 Å². The van der Waals surface area contributed by atoms with Crippen molar-refractivity contribution >= 4 is 40.8 Å². The molecular formula is C16H20Cl2N2O3. The van der Waals surface area contributed by atoms with Crippen molar-refractivity contribution in [2.45, 2.75) is 38.6 Å². The summed E-state index contributed by atoms with van der Waals surface area (Å²) in [4.78, 5) is 24.0. The number of rotatable bonds is 4. The molecule has 0 unspecified atom stereocenters. The number of halogens is 2. The zero-order valence-electron chi connectivity index (χ0n) is 12.9. The minimum atomic E-state index is -0.723. The number of hydrogen-bond acceptors (Lipinski definition) is 4. The van der Waals surface area contributed by atoms with Gasteiger partial charge in [-0.15, -0.1) is 0 Å². The Kier molecular flexibility index (Phi) is 6.13. The zero-order valence-corrected chi connectivity index (χ0v) is 14.4. The second-order valence-corrected chi connectivity index (χ2v) is 6.70. The summed E-state index contributed by atoms with van der Waals surface area (Å²) in [6.07, 6.45) is 4.35. The minimum absolute atomic E-state index is 0.0568. The molecule has 1 aliphatic rings. The van der Waals surface area contributed by atoms with Crippen molar-refractivity contribution < 1.29 is 14.3 Å². The summed E-state index contributed by atoms with van der Waals surface area (Å²) < 4.78 is 5.01. The fourth-order valence-electron chi connectivity index (χ4n) is 2.74. The largest absolute Gasteiger partial charge is 0.452 e. The van der Waals surface area contributed by atoms with Gasteiger partial charge in [0.1, 0.15) is 0 Å². The molecule has 1 amide bonds. The lowest BCUT2D eigenvalue weighted by molar-refractivity contribution is -0.125. The Labute approximate surface area is 145 Å². The topological polar surface area (TPSA) is 81.4 Å². The smallest absolute Gasteiger partial charge is 0.340 e. The highest BCUT2D eigenvalue weighted by atomic mass is 35.5. The van der Waals surface area contributed by atoms with E-state index in [1.54, 1.807) is 0 Å². The van der Waals surface area contributed by atoms with E-state index < -0.39 is 5.97 Å². The van der Waals surface area contributed by atoms with Crippen LogP contribution in [0.15, 0.2) is 12.1 Å². The molecule has 0 bridgehead atoms. The normalized spacial score (nSPS) is 20.8. The lowest BCUT2D eigenvalue weighted by atomic mass is 9.86. The molecule has 1 saturated carbocycles. The molecule has 23 heavy (non-hydrogen) atoms. The van der Waals surface area contributed by atoms with Gasteiger partial charge in [0, 0.05) is 11.1 Å². The van der Waals surface area contributed by atoms with Gasteiger partial charge in [-0.1, -0.05) is 43.0 Å². The molecule has 126 valence electrons. The van der Waals surface area contributed by atoms with Gasteiger partial charge in [-0.2, -0.15) is 0 Å². The molecule has 1 aromatic rings. The lowest BCUT2D eigenvalue weighted by Crippen LogP contribution is -2.42. The van der Waals surface area contributed by atoms with Crippen molar-refractivity contribution in [2.24, 2.45) is 5.92 Å². The van der Waals surface area contributed by atoms with Gasteiger partial charge in [-0.25, -0.2) is 4.79 Å². The van der Waals surface area contributed by atoms with Crippen molar-refractivity contribution in [3.63, 3.8) is 0 Å². The van der Waals surface area contributed by atoms with E-state index in [9.17, 15) is 9.59 Å². The number of ether oxygens (including phenoxy) is 1. The van der Waals surface area contributed by atoms with Crippen LogP contribution in [0.3, 0.4) is 0 Å². The molecule has 0 saturated heterocycles. The quantitative estimate of drug-likeness (QED) is 0.638. The van der Waals surface area contributed by atoms with E-state index >= 15 is 0 Å². The maximum Gasteiger partial charge on any atom is 0.340 e. The van der Waals surface area contributed by atoms with Crippen LogP contribution >= 0.6 is 23.2 Å². The number of nitrogens with two attached hydrogens (primary N) is 1. The van der Waals surface area contributed by atoms with Gasteiger partial charge >= 0.3 is 5.97 Å². The van der Waals surface area contributed by atoms with Crippen LogP contribution in [0.25, 0.3) is 0 Å². The van der Waals surface area contributed by atoms with Crippen molar-refractivity contribution in [3.8, 4) is 0 Å². The molecule has 0 radical (unpaired) electrons. The third kappa shape index (κ3) is 4.75. The van der Waals surface area contributed by atoms with E-state index in [0.717, 1.165) is 19.3 Å². The average molecular weight is 359 g/mol. The third-order valence-corrected chi connectivity index (χ3v) is 4.64. The molecule has 0 heterocycles. The second kappa shape index (κ2) is 7.88. The summed E-state index contributed by atoms with van der Waals surface area (Å²) in [5.74, 6) is -0.603. The molecule has 3 N–H and O–H groups in total. The number of hydrogen-bond donors (Lipinski definition) is 2. The van der Waals surface area contributed by atoms with E-state index in [0.29, 0.717) is 5.92 Å². The van der Waals surface area contributed by atoms with E-state index in [4.69, 9.17) is 33.7 Å². The van der Waals surface area contributed by atoms with Crippen LogP contribution in [0, 0.1) is 5.92 Å². The Bertz CT molecular complexity index is 607. The van der Waals surface area contributed by atoms with E-state index in [1.165, 1.54) is 18.6 Å². The number of nitrogens with one attached hydrogen (secondary N) is 1. The highest BCUT2D eigenvalue weighted by Gasteiger charge is 2.23. The molecule has 2 rings (SSSR count). The van der Waals surface area contributed by atoms with Gasteiger partial charge < -0.3 is 15.8 Å². The zero-order chi connectivity index (χ0) is 17.0. The highest BCUT2D eigenvalue weighted by Crippen LogP contribution is 2.28. The predicted molar refractivity (Wildman–Crippen MR) is 90.7 cm³/mol. The summed E-state index contributed by atoms with van der Waals surface area (Å²) in [5, 5.41) is 3.36. The minimum Gasteiger partial charge on any atom is -0.452 e. The molecule has 1 aliphatic carbocycles.